The average molecular weight is 262 g/mol. The Balaban J connectivity index is 2.25. The van der Waals surface area contributed by atoms with Crippen LogP contribution in [0.1, 0.15) is 25.3 Å². The van der Waals surface area contributed by atoms with E-state index in [-0.39, 0.29) is 11.8 Å². The number of nitrogens with two attached hydrogens (primary N) is 1. The summed E-state index contributed by atoms with van der Waals surface area (Å²) in [6.45, 7) is 6.01. The van der Waals surface area contributed by atoms with E-state index in [1.807, 2.05) is 30.0 Å². The van der Waals surface area contributed by atoms with E-state index in [9.17, 15) is 4.79 Å². The number of hydrogen-bond acceptors (Lipinski definition) is 3. The van der Waals surface area contributed by atoms with Crippen molar-refractivity contribution in [1.82, 2.24) is 0 Å². The number of ether oxygens (including phenoxy) is 1. The van der Waals surface area contributed by atoms with Gasteiger partial charge in [-0.05, 0) is 43.5 Å². The minimum absolute atomic E-state index is 0.139. The van der Waals surface area contributed by atoms with Gasteiger partial charge in [0.1, 0.15) is 5.75 Å². The van der Waals surface area contributed by atoms with Crippen molar-refractivity contribution in [3.05, 3.63) is 23.8 Å². The van der Waals surface area contributed by atoms with Crippen LogP contribution in [0.5, 0.6) is 5.75 Å². The molecule has 0 aliphatic carbocycles. The number of amides is 1. The van der Waals surface area contributed by atoms with Crippen molar-refractivity contribution in [3.63, 3.8) is 0 Å². The fourth-order valence-electron chi connectivity index (χ4n) is 2.34. The van der Waals surface area contributed by atoms with Crippen LogP contribution in [-0.2, 0) is 4.79 Å². The van der Waals surface area contributed by atoms with E-state index in [1.54, 1.807) is 0 Å². The van der Waals surface area contributed by atoms with Gasteiger partial charge in [0.15, 0.2) is 0 Å². The molecule has 0 saturated carbocycles. The quantitative estimate of drug-likeness (QED) is 0.884. The van der Waals surface area contributed by atoms with Gasteiger partial charge in [-0.3, -0.25) is 4.79 Å². The summed E-state index contributed by atoms with van der Waals surface area (Å²) in [6, 6.07) is 5.97. The molecule has 1 heterocycles. The van der Waals surface area contributed by atoms with Gasteiger partial charge in [-0.15, -0.1) is 0 Å². The third-order valence-corrected chi connectivity index (χ3v) is 3.41. The van der Waals surface area contributed by atoms with Crippen LogP contribution in [0.25, 0.3) is 0 Å². The lowest BCUT2D eigenvalue weighted by atomic mass is 10.1. The molecule has 0 bridgehead atoms. The van der Waals surface area contributed by atoms with Crippen LogP contribution in [0, 0.1) is 12.8 Å². The molecular formula is C15H22N2O2. The standard InChI is InChI=1S/C15H22N2O2/c1-3-6-19-14-7-11(2)4-5-13(14)17-10-12(9-16)8-15(17)18/h4-5,7,12H,3,6,8-10,16H2,1-2H3. The first-order chi connectivity index (χ1) is 9.15. The Morgan fingerprint density at radius 3 is 2.89 bits per heavy atom. The predicted octanol–water partition coefficient (Wildman–Crippen LogP) is 2.10. The summed E-state index contributed by atoms with van der Waals surface area (Å²) in [5, 5.41) is 0. The van der Waals surface area contributed by atoms with Crippen molar-refractivity contribution in [3.8, 4) is 5.75 Å². The lowest BCUT2D eigenvalue weighted by Crippen LogP contribution is -2.26. The van der Waals surface area contributed by atoms with Crippen LogP contribution in [0.15, 0.2) is 18.2 Å². The first-order valence-corrected chi connectivity index (χ1v) is 6.89. The molecule has 1 aromatic rings. The van der Waals surface area contributed by atoms with E-state index < -0.39 is 0 Å². The van der Waals surface area contributed by atoms with Crippen LogP contribution in [0.2, 0.25) is 0 Å². The van der Waals surface area contributed by atoms with Crippen molar-refractivity contribution in [2.24, 2.45) is 11.7 Å². The van der Waals surface area contributed by atoms with E-state index >= 15 is 0 Å². The number of anilines is 1. The van der Waals surface area contributed by atoms with Crippen molar-refractivity contribution in [2.75, 3.05) is 24.6 Å². The normalized spacial score (nSPS) is 19.0. The maximum Gasteiger partial charge on any atom is 0.227 e. The highest BCUT2D eigenvalue weighted by atomic mass is 16.5. The van der Waals surface area contributed by atoms with Gasteiger partial charge in [0.2, 0.25) is 5.91 Å². The summed E-state index contributed by atoms with van der Waals surface area (Å²) in [5.41, 5.74) is 7.68. The molecule has 2 rings (SSSR count). The number of benzene rings is 1. The Morgan fingerprint density at radius 2 is 2.26 bits per heavy atom. The number of rotatable bonds is 5. The van der Waals surface area contributed by atoms with Gasteiger partial charge in [-0.25, -0.2) is 0 Å². The highest BCUT2D eigenvalue weighted by Crippen LogP contribution is 2.33. The number of nitrogens with zero attached hydrogens (tertiary/aromatic N) is 1. The minimum atomic E-state index is 0.139. The van der Waals surface area contributed by atoms with Crippen LogP contribution in [-0.4, -0.2) is 25.6 Å². The molecule has 1 saturated heterocycles. The predicted molar refractivity (Wildman–Crippen MR) is 76.5 cm³/mol. The van der Waals surface area contributed by atoms with Gasteiger partial charge in [0, 0.05) is 13.0 Å². The van der Waals surface area contributed by atoms with Crippen LogP contribution in [0.3, 0.4) is 0 Å². The van der Waals surface area contributed by atoms with E-state index in [0.29, 0.717) is 26.1 Å². The molecule has 0 aromatic heterocycles. The monoisotopic (exact) mass is 262 g/mol. The number of hydrogen-bond donors (Lipinski definition) is 1. The van der Waals surface area contributed by atoms with Crippen LogP contribution >= 0.6 is 0 Å². The Hall–Kier alpha value is -1.55. The molecule has 1 aromatic carbocycles. The maximum atomic E-state index is 12.1. The number of carbonyl (C=O) groups is 1. The van der Waals surface area contributed by atoms with E-state index in [2.05, 4.69) is 6.92 Å². The fourth-order valence-corrected chi connectivity index (χ4v) is 2.34. The third-order valence-electron chi connectivity index (χ3n) is 3.41. The lowest BCUT2D eigenvalue weighted by Gasteiger charge is -2.21. The van der Waals surface area contributed by atoms with E-state index in [0.717, 1.165) is 23.4 Å². The van der Waals surface area contributed by atoms with Gasteiger partial charge in [-0.2, -0.15) is 0 Å². The molecule has 4 nitrogen and oxygen atoms in total. The molecule has 104 valence electrons. The Kier molecular flexibility index (Phi) is 4.43. The molecule has 1 atom stereocenters. The molecule has 2 N–H and O–H groups in total. The first kappa shape index (κ1) is 13.9. The fraction of sp³-hybridized carbons (Fsp3) is 0.533. The summed E-state index contributed by atoms with van der Waals surface area (Å²) in [6.07, 6.45) is 1.49. The van der Waals surface area contributed by atoms with E-state index in [1.165, 1.54) is 0 Å². The molecule has 1 aliphatic heterocycles. The van der Waals surface area contributed by atoms with Gasteiger partial charge >= 0.3 is 0 Å². The molecule has 1 unspecified atom stereocenters. The molecule has 1 fully saturated rings. The second-order valence-electron chi connectivity index (χ2n) is 5.13. The Labute approximate surface area is 114 Å². The smallest absolute Gasteiger partial charge is 0.227 e. The molecule has 0 spiro atoms. The molecule has 1 amide bonds. The lowest BCUT2D eigenvalue weighted by molar-refractivity contribution is -0.117. The number of carbonyl (C=O) groups excluding carboxylic acids is 1. The van der Waals surface area contributed by atoms with Gasteiger partial charge in [-0.1, -0.05) is 13.0 Å². The summed E-state index contributed by atoms with van der Waals surface area (Å²) < 4.78 is 5.77. The van der Waals surface area contributed by atoms with Gasteiger partial charge in [0.25, 0.3) is 0 Å². The zero-order valence-electron chi connectivity index (χ0n) is 11.7. The summed E-state index contributed by atoms with van der Waals surface area (Å²) >= 11 is 0. The van der Waals surface area contributed by atoms with Crippen molar-refractivity contribution in [2.45, 2.75) is 26.7 Å². The molecule has 19 heavy (non-hydrogen) atoms. The van der Waals surface area contributed by atoms with Crippen LogP contribution in [0.4, 0.5) is 5.69 Å². The van der Waals surface area contributed by atoms with Gasteiger partial charge in [0.05, 0.1) is 12.3 Å². The molecule has 4 heteroatoms. The maximum absolute atomic E-state index is 12.1. The number of aryl methyl sites for hydroxylation is 1. The van der Waals surface area contributed by atoms with Crippen molar-refractivity contribution >= 4 is 11.6 Å². The molecule has 0 radical (unpaired) electrons. The molecule has 1 aliphatic rings. The SMILES string of the molecule is CCCOc1cc(C)ccc1N1CC(CN)CC1=O. The van der Waals surface area contributed by atoms with E-state index in [4.69, 9.17) is 10.5 Å². The summed E-state index contributed by atoms with van der Waals surface area (Å²) in [7, 11) is 0. The Bertz CT molecular complexity index is 459. The first-order valence-electron chi connectivity index (χ1n) is 6.89. The average Bonchev–Trinajstić information content (AvgIpc) is 2.78. The summed E-state index contributed by atoms with van der Waals surface area (Å²) in [4.78, 5) is 13.9. The zero-order chi connectivity index (χ0) is 13.8. The highest BCUT2D eigenvalue weighted by molar-refractivity contribution is 5.97. The summed E-state index contributed by atoms with van der Waals surface area (Å²) in [5.74, 6) is 1.20. The minimum Gasteiger partial charge on any atom is -0.491 e. The zero-order valence-corrected chi connectivity index (χ0v) is 11.7. The van der Waals surface area contributed by atoms with Crippen LogP contribution < -0.4 is 15.4 Å². The molecular weight excluding hydrogens is 240 g/mol. The second-order valence-corrected chi connectivity index (χ2v) is 5.13. The topological polar surface area (TPSA) is 55.6 Å². The highest BCUT2D eigenvalue weighted by Gasteiger charge is 2.31. The van der Waals surface area contributed by atoms with Crippen molar-refractivity contribution in [1.29, 1.82) is 0 Å². The Morgan fingerprint density at radius 1 is 1.47 bits per heavy atom. The van der Waals surface area contributed by atoms with Crippen molar-refractivity contribution < 1.29 is 9.53 Å². The second kappa shape index (κ2) is 6.06. The van der Waals surface area contributed by atoms with Gasteiger partial charge < -0.3 is 15.4 Å². The third kappa shape index (κ3) is 3.07. The largest absolute Gasteiger partial charge is 0.491 e.